The molecule has 1 heterocycles. The molecule has 3 nitrogen and oxygen atoms in total. The van der Waals surface area contributed by atoms with Gasteiger partial charge in [-0.1, -0.05) is 103 Å². The Balaban J connectivity index is 1.83. The van der Waals surface area contributed by atoms with Gasteiger partial charge in [-0.25, -0.2) is 0 Å². The van der Waals surface area contributed by atoms with Gasteiger partial charge >= 0.3 is 0 Å². The first-order valence-electron chi connectivity index (χ1n) is 12.3. The minimum Gasteiger partial charge on any atom is -0.393 e. The van der Waals surface area contributed by atoms with E-state index < -0.39 is 8.32 Å². The summed E-state index contributed by atoms with van der Waals surface area (Å²) in [4.78, 5) is 4.50. The molecule has 0 bridgehead atoms. The standard InChI is InChI=1S/C31H34N2OSi/c1-32(2)22-25-16-8-11-19-28(25)35(29-20-12-9-17-26(29)23-33(3)4)30-21-13-10-18-27(30)31(34-35)24-14-6-5-7-15-24/h5-21,31H,22-23H2,1-4H3. The molecule has 4 aromatic rings. The van der Waals surface area contributed by atoms with E-state index in [4.69, 9.17) is 4.43 Å². The molecule has 0 aliphatic carbocycles. The van der Waals surface area contributed by atoms with Gasteiger partial charge in [0.2, 0.25) is 0 Å². The van der Waals surface area contributed by atoms with Crippen LogP contribution in [0.15, 0.2) is 103 Å². The van der Waals surface area contributed by atoms with Crippen LogP contribution < -0.4 is 15.6 Å². The minimum absolute atomic E-state index is 0.0844. The number of hydrogen-bond acceptors (Lipinski definition) is 3. The third kappa shape index (κ3) is 4.39. The Labute approximate surface area is 210 Å². The Morgan fingerprint density at radius 2 is 1.03 bits per heavy atom. The molecule has 5 rings (SSSR count). The summed E-state index contributed by atoms with van der Waals surface area (Å²) in [5.41, 5.74) is 5.19. The van der Waals surface area contributed by atoms with Crippen LogP contribution in [0, 0.1) is 0 Å². The number of hydrogen-bond donors (Lipinski definition) is 0. The van der Waals surface area contributed by atoms with Gasteiger partial charge in [-0.05, 0) is 66.0 Å². The van der Waals surface area contributed by atoms with Crippen molar-refractivity contribution in [2.75, 3.05) is 28.2 Å². The molecule has 178 valence electrons. The zero-order chi connectivity index (χ0) is 24.4. The fourth-order valence-electron chi connectivity index (χ4n) is 5.47. The van der Waals surface area contributed by atoms with Gasteiger partial charge in [0.25, 0.3) is 8.32 Å². The van der Waals surface area contributed by atoms with Crippen LogP contribution in [-0.4, -0.2) is 46.3 Å². The molecule has 0 amide bonds. The van der Waals surface area contributed by atoms with Crippen molar-refractivity contribution in [1.82, 2.24) is 9.80 Å². The van der Waals surface area contributed by atoms with Gasteiger partial charge in [0.05, 0.1) is 6.10 Å². The van der Waals surface area contributed by atoms with Crippen molar-refractivity contribution in [3.63, 3.8) is 0 Å². The molecular weight excluding hydrogens is 444 g/mol. The van der Waals surface area contributed by atoms with E-state index in [0.717, 1.165) is 13.1 Å². The molecule has 0 spiro atoms. The van der Waals surface area contributed by atoms with Crippen LogP contribution in [-0.2, 0) is 17.5 Å². The van der Waals surface area contributed by atoms with Crippen molar-refractivity contribution in [1.29, 1.82) is 0 Å². The minimum atomic E-state index is -2.83. The van der Waals surface area contributed by atoms with E-state index in [2.05, 4.69) is 141 Å². The molecule has 0 aromatic heterocycles. The SMILES string of the molecule is CN(C)Cc1ccccc1[Si]1(c2ccccc2CN(C)C)OC(c2ccccc2)c2ccccc21. The Kier molecular flexibility index (Phi) is 6.72. The number of nitrogens with zero attached hydrogens (tertiary/aromatic N) is 2. The van der Waals surface area contributed by atoms with Gasteiger partial charge in [-0.3, -0.25) is 0 Å². The first-order chi connectivity index (χ1) is 17.0. The Morgan fingerprint density at radius 3 is 1.57 bits per heavy atom. The summed E-state index contributed by atoms with van der Waals surface area (Å²) in [5, 5.41) is 4.07. The summed E-state index contributed by atoms with van der Waals surface area (Å²) >= 11 is 0. The van der Waals surface area contributed by atoms with E-state index in [0.29, 0.717) is 0 Å². The average molecular weight is 479 g/mol. The zero-order valence-electron chi connectivity index (χ0n) is 21.1. The summed E-state index contributed by atoms with van der Waals surface area (Å²) in [5.74, 6) is 0. The smallest absolute Gasteiger partial charge is 0.290 e. The van der Waals surface area contributed by atoms with Gasteiger partial charge in [0.1, 0.15) is 0 Å². The second kappa shape index (κ2) is 9.92. The topological polar surface area (TPSA) is 15.7 Å². The van der Waals surface area contributed by atoms with Gasteiger partial charge < -0.3 is 14.2 Å². The molecule has 0 saturated heterocycles. The van der Waals surface area contributed by atoms with Gasteiger partial charge in [-0.15, -0.1) is 0 Å². The quantitative estimate of drug-likeness (QED) is 0.375. The van der Waals surface area contributed by atoms with Crippen LogP contribution in [0.25, 0.3) is 0 Å². The molecule has 0 saturated carbocycles. The van der Waals surface area contributed by atoms with E-state index >= 15 is 0 Å². The highest BCUT2D eigenvalue weighted by atomic mass is 28.4. The normalized spacial score (nSPS) is 16.6. The highest BCUT2D eigenvalue weighted by Gasteiger charge is 2.53. The van der Waals surface area contributed by atoms with Crippen LogP contribution in [0.1, 0.15) is 28.4 Å². The molecule has 4 aromatic carbocycles. The molecule has 1 aliphatic heterocycles. The predicted octanol–water partition coefficient (Wildman–Crippen LogP) is 3.90. The highest BCUT2D eigenvalue weighted by molar-refractivity contribution is 7.08. The lowest BCUT2D eigenvalue weighted by Gasteiger charge is -2.33. The van der Waals surface area contributed by atoms with Crippen molar-refractivity contribution in [3.05, 3.63) is 125 Å². The zero-order valence-corrected chi connectivity index (χ0v) is 22.1. The lowest BCUT2D eigenvalue weighted by atomic mass is 10.0. The molecule has 1 aliphatic rings. The molecule has 35 heavy (non-hydrogen) atoms. The van der Waals surface area contributed by atoms with E-state index in [-0.39, 0.29) is 6.10 Å². The second-order valence-corrected chi connectivity index (χ2v) is 13.2. The number of benzene rings is 4. The van der Waals surface area contributed by atoms with Crippen LogP contribution in [0.5, 0.6) is 0 Å². The molecular formula is C31H34N2OSi. The largest absolute Gasteiger partial charge is 0.393 e. The van der Waals surface area contributed by atoms with Crippen molar-refractivity contribution in [2.24, 2.45) is 0 Å². The molecule has 1 unspecified atom stereocenters. The van der Waals surface area contributed by atoms with Crippen LogP contribution in [0.3, 0.4) is 0 Å². The maximum Gasteiger partial charge on any atom is 0.290 e. The van der Waals surface area contributed by atoms with Gasteiger partial charge in [-0.2, -0.15) is 0 Å². The van der Waals surface area contributed by atoms with E-state index in [1.807, 2.05) is 0 Å². The summed E-state index contributed by atoms with van der Waals surface area (Å²) in [6.07, 6.45) is -0.0844. The maximum absolute atomic E-state index is 7.52. The third-order valence-corrected chi connectivity index (χ3v) is 11.1. The Morgan fingerprint density at radius 1 is 0.571 bits per heavy atom. The van der Waals surface area contributed by atoms with Crippen LogP contribution >= 0.6 is 0 Å². The molecule has 0 N–H and O–H groups in total. The highest BCUT2D eigenvalue weighted by Crippen LogP contribution is 2.36. The maximum atomic E-state index is 7.52. The third-order valence-electron chi connectivity index (χ3n) is 6.79. The monoisotopic (exact) mass is 478 g/mol. The number of fused-ring (bicyclic) bond motifs is 1. The van der Waals surface area contributed by atoms with Crippen molar-refractivity contribution in [2.45, 2.75) is 19.2 Å². The molecule has 4 heteroatoms. The summed E-state index contributed by atoms with van der Waals surface area (Å²) in [6, 6.07) is 37.5. The second-order valence-electron chi connectivity index (χ2n) is 9.97. The molecule has 0 radical (unpaired) electrons. The average Bonchev–Trinajstić information content (AvgIpc) is 3.21. The fraction of sp³-hybridized carbons (Fsp3) is 0.226. The van der Waals surface area contributed by atoms with Crippen molar-refractivity contribution < 1.29 is 4.43 Å². The first-order valence-corrected chi connectivity index (χ1v) is 14.2. The molecule has 0 fully saturated rings. The predicted molar refractivity (Wildman–Crippen MR) is 148 cm³/mol. The Bertz CT molecular complexity index is 1250. The number of rotatable bonds is 7. The summed E-state index contributed by atoms with van der Waals surface area (Å²) < 4.78 is 7.52. The summed E-state index contributed by atoms with van der Waals surface area (Å²) in [7, 11) is 5.73. The first kappa shape index (κ1) is 23.7. The Hall–Kier alpha value is -3.02. The summed E-state index contributed by atoms with van der Waals surface area (Å²) in [6.45, 7) is 1.75. The molecule has 1 atom stereocenters. The van der Waals surface area contributed by atoms with E-state index in [9.17, 15) is 0 Å². The van der Waals surface area contributed by atoms with E-state index in [1.165, 1.54) is 37.8 Å². The van der Waals surface area contributed by atoms with Crippen molar-refractivity contribution >= 4 is 23.9 Å². The van der Waals surface area contributed by atoms with Crippen LogP contribution in [0.2, 0.25) is 0 Å². The lowest BCUT2D eigenvalue weighted by molar-refractivity contribution is 0.265. The van der Waals surface area contributed by atoms with Crippen molar-refractivity contribution in [3.8, 4) is 0 Å². The van der Waals surface area contributed by atoms with Gasteiger partial charge in [0.15, 0.2) is 0 Å². The van der Waals surface area contributed by atoms with E-state index in [1.54, 1.807) is 0 Å². The van der Waals surface area contributed by atoms with Crippen LogP contribution in [0.4, 0.5) is 0 Å². The fourth-order valence-corrected chi connectivity index (χ4v) is 10.2. The lowest BCUT2D eigenvalue weighted by Crippen LogP contribution is -2.69. The van der Waals surface area contributed by atoms with Gasteiger partial charge in [0, 0.05) is 13.1 Å².